The SMILES string of the molecule is CCCCCCCCCCc1cnc(-c2ccc(C(=O)OC3CCC(CCCCC)CC3)c(F)c2)nc1. The lowest BCUT2D eigenvalue weighted by molar-refractivity contribution is 0.0156. The van der Waals surface area contributed by atoms with E-state index in [4.69, 9.17) is 4.74 Å². The Hall–Kier alpha value is -2.30. The van der Waals surface area contributed by atoms with Gasteiger partial charge in [-0.05, 0) is 62.1 Å². The summed E-state index contributed by atoms with van der Waals surface area (Å²) in [5.41, 5.74) is 1.66. The third-order valence-electron chi connectivity index (χ3n) is 7.75. The molecule has 0 spiro atoms. The fraction of sp³-hybridized carbons (Fsp3) is 0.656. The highest BCUT2D eigenvalue weighted by atomic mass is 19.1. The summed E-state index contributed by atoms with van der Waals surface area (Å²) in [6.07, 6.45) is 23.9. The van der Waals surface area contributed by atoms with Crippen molar-refractivity contribution < 1.29 is 13.9 Å². The Morgan fingerprint density at radius 2 is 1.49 bits per heavy atom. The largest absolute Gasteiger partial charge is 0.459 e. The van der Waals surface area contributed by atoms with Crippen LogP contribution in [0.4, 0.5) is 4.39 Å². The van der Waals surface area contributed by atoms with E-state index in [1.807, 2.05) is 12.4 Å². The average Bonchev–Trinajstić information content (AvgIpc) is 2.91. The maximum absolute atomic E-state index is 14.8. The molecule has 204 valence electrons. The summed E-state index contributed by atoms with van der Waals surface area (Å²) in [4.78, 5) is 21.5. The molecule has 0 amide bonds. The number of carbonyl (C=O) groups is 1. The lowest BCUT2D eigenvalue weighted by Gasteiger charge is -2.28. The van der Waals surface area contributed by atoms with Crippen molar-refractivity contribution in [2.24, 2.45) is 5.92 Å². The molecule has 3 rings (SSSR count). The van der Waals surface area contributed by atoms with Gasteiger partial charge in [0.2, 0.25) is 0 Å². The number of benzene rings is 1. The van der Waals surface area contributed by atoms with Gasteiger partial charge in [-0.1, -0.05) is 90.5 Å². The van der Waals surface area contributed by atoms with Crippen LogP contribution in [-0.4, -0.2) is 22.0 Å². The van der Waals surface area contributed by atoms with E-state index in [0.29, 0.717) is 11.4 Å². The molecule has 1 aliphatic rings. The molecule has 0 atom stereocenters. The van der Waals surface area contributed by atoms with Gasteiger partial charge < -0.3 is 4.74 Å². The summed E-state index contributed by atoms with van der Waals surface area (Å²) in [5, 5.41) is 0. The first-order valence-electron chi connectivity index (χ1n) is 14.9. The second kappa shape index (κ2) is 16.5. The number of aryl methyl sites for hydroxylation is 1. The molecule has 37 heavy (non-hydrogen) atoms. The van der Waals surface area contributed by atoms with Crippen LogP contribution in [0.2, 0.25) is 0 Å². The van der Waals surface area contributed by atoms with Crippen LogP contribution in [0.15, 0.2) is 30.6 Å². The van der Waals surface area contributed by atoms with Crippen LogP contribution in [0.5, 0.6) is 0 Å². The van der Waals surface area contributed by atoms with E-state index >= 15 is 0 Å². The van der Waals surface area contributed by atoms with Gasteiger partial charge in [-0.3, -0.25) is 0 Å². The fourth-order valence-corrected chi connectivity index (χ4v) is 5.35. The number of hydrogen-bond acceptors (Lipinski definition) is 4. The molecule has 1 aromatic heterocycles. The molecule has 0 N–H and O–H groups in total. The Balaban J connectivity index is 1.42. The van der Waals surface area contributed by atoms with Crippen molar-refractivity contribution in [3.8, 4) is 11.4 Å². The van der Waals surface area contributed by atoms with E-state index in [1.165, 1.54) is 82.8 Å². The molecule has 1 aromatic carbocycles. The van der Waals surface area contributed by atoms with Crippen molar-refractivity contribution in [2.45, 2.75) is 129 Å². The fourth-order valence-electron chi connectivity index (χ4n) is 5.35. The minimum absolute atomic E-state index is 0.0138. The maximum Gasteiger partial charge on any atom is 0.341 e. The van der Waals surface area contributed by atoms with Gasteiger partial charge in [0.25, 0.3) is 0 Å². The summed E-state index contributed by atoms with van der Waals surface area (Å²) >= 11 is 0. The monoisotopic (exact) mass is 510 g/mol. The zero-order chi connectivity index (χ0) is 26.3. The second-order valence-corrected chi connectivity index (χ2v) is 10.9. The predicted octanol–water partition coefficient (Wildman–Crippen LogP) is 9.26. The van der Waals surface area contributed by atoms with Gasteiger partial charge in [-0.25, -0.2) is 19.2 Å². The van der Waals surface area contributed by atoms with E-state index < -0.39 is 11.8 Å². The van der Waals surface area contributed by atoms with E-state index in [2.05, 4.69) is 23.8 Å². The number of esters is 1. The molecule has 0 unspecified atom stereocenters. The van der Waals surface area contributed by atoms with E-state index in [-0.39, 0.29) is 11.7 Å². The van der Waals surface area contributed by atoms with Crippen molar-refractivity contribution in [2.75, 3.05) is 0 Å². The van der Waals surface area contributed by atoms with Crippen LogP contribution in [0.1, 0.15) is 133 Å². The highest BCUT2D eigenvalue weighted by Gasteiger charge is 2.25. The lowest BCUT2D eigenvalue weighted by Crippen LogP contribution is -2.25. The molecule has 1 fully saturated rings. The van der Waals surface area contributed by atoms with Crippen molar-refractivity contribution in [1.29, 1.82) is 0 Å². The molecule has 0 aliphatic heterocycles. The number of unbranched alkanes of at least 4 members (excludes halogenated alkanes) is 9. The molecule has 0 radical (unpaired) electrons. The second-order valence-electron chi connectivity index (χ2n) is 10.9. The zero-order valence-electron chi connectivity index (χ0n) is 23.2. The Kier molecular flexibility index (Phi) is 13.1. The third kappa shape index (κ3) is 10.2. The number of nitrogens with zero attached hydrogens (tertiary/aromatic N) is 2. The number of hydrogen-bond donors (Lipinski definition) is 0. The summed E-state index contributed by atoms with van der Waals surface area (Å²) in [6.45, 7) is 4.47. The third-order valence-corrected chi connectivity index (χ3v) is 7.75. The van der Waals surface area contributed by atoms with Gasteiger partial charge in [0.15, 0.2) is 5.82 Å². The van der Waals surface area contributed by atoms with Crippen LogP contribution in [0.3, 0.4) is 0 Å². The zero-order valence-corrected chi connectivity index (χ0v) is 23.2. The van der Waals surface area contributed by atoms with Crippen LogP contribution in [-0.2, 0) is 11.2 Å². The van der Waals surface area contributed by atoms with Crippen molar-refractivity contribution in [1.82, 2.24) is 9.97 Å². The van der Waals surface area contributed by atoms with E-state index in [1.54, 1.807) is 6.07 Å². The molecular formula is C32H47FN2O2. The van der Waals surface area contributed by atoms with Gasteiger partial charge in [-0.15, -0.1) is 0 Å². The maximum atomic E-state index is 14.8. The molecule has 0 saturated heterocycles. The summed E-state index contributed by atoms with van der Waals surface area (Å²) in [6, 6.07) is 4.55. The molecule has 0 bridgehead atoms. The van der Waals surface area contributed by atoms with Crippen molar-refractivity contribution in [3.63, 3.8) is 0 Å². The molecular weight excluding hydrogens is 463 g/mol. The first-order chi connectivity index (χ1) is 18.1. The molecule has 2 aromatic rings. The normalized spacial score (nSPS) is 17.6. The standard InChI is InChI=1S/C32H47FN2O2/c1-3-5-7-8-9-10-11-13-15-26-23-34-31(35-24-26)27-18-21-29(30(33)22-27)32(36)37-28-19-16-25(17-20-28)14-12-6-4-2/h18,21-25,28H,3-17,19-20H2,1-2H3. The quantitative estimate of drug-likeness (QED) is 0.167. The molecule has 1 heterocycles. The summed E-state index contributed by atoms with van der Waals surface area (Å²) < 4.78 is 20.5. The highest BCUT2D eigenvalue weighted by Crippen LogP contribution is 2.31. The predicted molar refractivity (Wildman–Crippen MR) is 149 cm³/mol. The van der Waals surface area contributed by atoms with Gasteiger partial charge >= 0.3 is 5.97 Å². The topological polar surface area (TPSA) is 52.1 Å². The van der Waals surface area contributed by atoms with Crippen LogP contribution in [0, 0.1) is 11.7 Å². The summed E-state index contributed by atoms with van der Waals surface area (Å²) in [5.74, 6) is 0.0617. The smallest absolute Gasteiger partial charge is 0.341 e. The van der Waals surface area contributed by atoms with Crippen LogP contribution < -0.4 is 0 Å². The van der Waals surface area contributed by atoms with Gasteiger partial charge in [0, 0.05) is 18.0 Å². The summed E-state index contributed by atoms with van der Waals surface area (Å²) in [7, 11) is 0. The first-order valence-corrected chi connectivity index (χ1v) is 14.9. The van der Waals surface area contributed by atoms with Gasteiger partial charge in [0.1, 0.15) is 11.9 Å². The minimum atomic E-state index is -0.581. The number of rotatable bonds is 16. The number of aromatic nitrogens is 2. The Bertz CT molecular complexity index is 923. The van der Waals surface area contributed by atoms with E-state index in [9.17, 15) is 9.18 Å². The lowest BCUT2D eigenvalue weighted by atomic mass is 9.84. The number of ether oxygens (including phenoxy) is 1. The van der Waals surface area contributed by atoms with Crippen molar-refractivity contribution >= 4 is 5.97 Å². The molecule has 1 saturated carbocycles. The number of halogens is 1. The average molecular weight is 511 g/mol. The van der Waals surface area contributed by atoms with E-state index in [0.717, 1.165) is 50.0 Å². The Labute approximate surface area is 223 Å². The molecule has 1 aliphatic carbocycles. The minimum Gasteiger partial charge on any atom is -0.459 e. The van der Waals surface area contributed by atoms with Crippen molar-refractivity contribution in [3.05, 3.63) is 47.5 Å². The van der Waals surface area contributed by atoms with Crippen LogP contribution in [0.25, 0.3) is 11.4 Å². The molecule has 4 nitrogen and oxygen atoms in total. The van der Waals surface area contributed by atoms with Gasteiger partial charge in [-0.2, -0.15) is 0 Å². The number of carbonyl (C=O) groups excluding carboxylic acids is 1. The Morgan fingerprint density at radius 1 is 0.865 bits per heavy atom. The highest BCUT2D eigenvalue weighted by molar-refractivity contribution is 5.90. The Morgan fingerprint density at radius 3 is 2.14 bits per heavy atom. The van der Waals surface area contributed by atoms with Crippen LogP contribution >= 0.6 is 0 Å². The molecule has 5 heteroatoms. The van der Waals surface area contributed by atoms with Gasteiger partial charge in [0.05, 0.1) is 5.56 Å². The first kappa shape index (κ1) is 29.3.